The summed E-state index contributed by atoms with van der Waals surface area (Å²) >= 11 is 0. The van der Waals surface area contributed by atoms with Gasteiger partial charge in [-0.2, -0.15) is 0 Å². The lowest BCUT2D eigenvalue weighted by atomic mass is 9.64. The van der Waals surface area contributed by atoms with Gasteiger partial charge in [0.05, 0.1) is 12.2 Å². The second-order valence-corrected chi connectivity index (χ2v) is 7.54. The van der Waals surface area contributed by atoms with Crippen molar-refractivity contribution in [2.45, 2.75) is 65.1 Å². The summed E-state index contributed by atoms with van der Waals surface area (Å²) in [7, 11) is 0. The van der Waals surface area contributed by atoms with Crippen LogP contribution in [0, 0.1) is 5.41 Å². The van der Waals surface area contributed by atoms with Gasteiger partial charge in [-0.25, -0.2) is 0 Å². The fraction of sp³-hybridized carbons (Fsp3) is 0.600. The van der Waals surface area contributed by atoms with Crippen LogP contribution < -0.4 is 0 Å². The smallest absolute Gasteiger partial charge is 0.121 e. The third kappa shape index (κ3) is 3.13. The molecular weight excluding hydrogens is 272 g/mol. The lowest BCUT2D eigenvalue weighted by molar-refractivity contribution is 0.166. The molecule has 0 aromatic heterocycles. The molecule has 0 amide bonds. The minimum atomic E-state index is -0.0935. The highest BCUT2D eigenvalue weighted by Crippen LogP contribution is 2.66. The van der Waals surface area contributed by atoms with E-state index in [0.717, 1.165) is 12.0 Å². The highest BCUT2D eigenvalue weighted by Gasteiger charge is 2.73. The van der Waals surface area contributed by atoms with E-state index in [4.69, 9.17) is 9.84 Å². The van der Waals surface area contributed by atoms with Gasteiger partial charge in [-0.3, -0.25) is 0 Å². The molecule has 1 heterocycles. The standard InChI is InChI=1S/C20H30O2/c1-16(8-6-9-17(2)11-15-21)10-14-20-18(3,4)12-7-13-19(20,5)22-20/h6,8-11,14,21H,7,12-13,15H2,1-5H3/b9-6+,14-10+,16-8+,17-11+/t19-,20+/m1/s1. The van der Waals surface area contributed by atoms with Crippen LogP contribution in [0.25, 0.3) is 0 Å². The molecule has 0 spiro atoms. The summed E-state index contributed by atoms with van der Waals surface area (Å²) < 4.78 is 6.22. The monoisotopic (exact) mass is 302 g/mol. The van der Waals surface area contributed by atoms with Crippen molar-refractivity contribution in [3.05, 3.63) is 47.6 Å². The molecule has 1 aliphatic carbocycles. The van der Waals surface area contributed by atoms with Crippen molar-refractivity contribution in [1.82, 2.24) is 0 Å². The maximum Gasteiger partial charge on any atom is 0.121 e. The fourth-order valence-corrected chi connectivity index (χ4v) is 3.78. The van der Waals surface area contributed by atoms with E-state index in [-0.39, 0.29) is 23.2 Å². The zero-order valence-corrected chi connectivity index (χ0v) is 14.6. The maximum absolute atomic E-state index is 8.83. The van der Waals surface area contributed by atoms with Crippen LogP contribution in [0.15, 0.2) is 47.6 Å². The highest BCUT2D eigenvalue weighted by molar-refractivity contribution is 5.35. The Morgan fingerprint density at radius 1 is 1.09 bits per heavy atom. The van der Waals surface area contributed by atoms with Gasteiger partial charge in [0.2, 0.25) is 0 Å². The molecule has 1 saturated heterocycles. The SMILES string of the molecule is CC(/C=C/[C@@]12O[C@]1(C)CCCC2(C)C)=C\C=C\C(C)=C\CO. The number of hydrogen-bond acceptors (Lipinski definition) is 2. The Labute approximate surface area is 135 Å². The van der Waals surface area contributed by atoms with Gasteiger partial charge in [-0.15, -0.1) is 0 Å². The maximum atomic E-state index is 8.83. The van der Waals surface area contributed by atoms with Crippen molar-refractivity contribution >= 4 is 0 Å². The molecule has 0 aromatic carbocycles. The zero-order chi connectivity index (χ0) is 16.4. The molecule has 2 atom stereocenters. The molecule has 0 radical (unpaired) electrons. The van der Waals surface area contributed by atoms with Gasteiger partial charge in [-0.1, -0.05) is 55.4 Å². The molecule has 2 heteroatoms. The molecular formula is C20H30O2. The molecule has 1 N–H and O–H groups in total. The summed E-state index contributed by atoms with van der Waals surface area (Å²) in [5.41, 5.74) is 2.42. The van der Waals surface area contributed by atoms with Crippen molar-refractivity contribution in [3.8, 4) is 0 Å². The Bertz CT molecular complexity index is 536. The number of hydrogen-bond donors (Lipinski definition) is 1. The number of allylic oxidation sites excluding steroid dienone is 6. The van der Waals surface area contributed by atoms with E-state index in [1.54, 1.807) is 6.08 Å². The summed E-state index contributed by atoms with van der Waals surface area (Å²) in [4.78, 5) is 0. The predicted octanol–water partition coefficient (Wildman–Crippen LogP) is 4.72. The largest absolute Gasteiger partial charge is 0.392 e. The van der Waals surface area contributed by atoms with Crippen LogP contribution in [-0.2, 0) is 4.74 Å². The Hall–Kier alpha value is -1.12. The van der Waals surface area contributed by atoms with E-state index in [1.165, 1.54) is 18.4 Å². The van der Waals surface area contributed by atoms with E-state index in [2.05, 4.69) is 45.9 Å². The summed E-state index contributed by atoms with van der Waals surface area (Å²) in [6.07, 6.45) is 16.0. The number of fused-ring (bicyclic) bond motifs is 1. The summed E-state index contributed by atoms with van der Waals surface area (Å²) in [6, 6.07) is 0. The van der Waals surface area contributed by atoms with Gasteiger partial charge < -0.3 is 9.84 Å². The average Bonchev–Trinajstić information content (AvgIpc) is 3.05. The number of aliphatic hydroxyl groups is 1. The minimum absolute atomic E-state index is 0.0296. The van der Waals surface area contributed by atoms with Crippen LogP contribution in [0.1, 0.15) is 53.9 Å². The third-order valence-electron chi connectivity index (χ3n) is 5.30. The molecule has 22 heavy (non-hydrogen) atoms. The van der Waals surface area contributed by atoms with E-state index in [9.17, 15) is 0 Å². The second kappa shape index (κ2) is 6.17. The molecule has 0 aromatic rings. The Morgan fingerprint density at radius 3 is 2.45 bits per heavy atom. The van der Waals surface area contributed by atoms with Gasteiger partial charge in [0.25, 0.3) is 0 Å². The van der Waals surface area contributed by atoms with Crippen molar-refractivity contribution in [3.63, 3.8) is 0 Å². The van der Waals surface area contributed by atoms with Gasteiger partial charge in [0.15, 0.2) is 0 Å². The summed E-state index contributed by atoms with van der Waals surface area (Å²) in [6.45, 7) is 11.1. The molecule has 122 valence electrons. The number of rotatable bonds is 5. The molecule has 1 aliphatic heterocycles. The Balaban J connectivity index is 2.07. The van der Waals surface area contributed by atoms with Crippen LogP contribution in [0.2, 0.25) is 0 Å². The third-order valence-corrected chi connectivity index (χ3v) is 5.30. The lowest BCUT2D eigenvalue weighted by Crippen LogP contribution is -2.41. The van der Waals surface area contributed by atoms with Gasteiger partial charge in [-0.05, 0) is 46.1 Å². The lowest BCUT2D eigenvalue weighted by Gasteiger charge is -2.36. The number of aliphatic hydroxyl groups excluding tert-OH is 1. The minimum Gasteiger partial charge on any atom is -0.392 e. The summed E-state index contributed by atoms with van der Waals surface area (Å²) in [5.74, 6) is 0. The van der Waals surface area contributed by atoms with E-state index < -0.39 is 0 Å². The quantitative estimate of drug-likeness (QED) is 0.588. The van der Waals surface area contributed by atoms with Crippen molar-refractivity contribution in [1.29, 1.82) is 0 Å². The number of ether oxygens (including phenoxy) is 1. The van der Waals surface area contributed by atoms with Crippen LogP contribution in [0.3, 0.4) is 0 Å². The first-order valence-electron chi connectivity index (χ1n) is 8.28. The van der Waals surface area contributed by atoms with Gasteiger partial charge >= 0.3 is 0 Å². The van der Waals surface area contributed by atoms with Gasteiger partial charge in [0.1, 0.15) is 5.60 Å². The summed E-state index contributed by atoms with van der Waals surface area (Å²) in [5, 5.41) is 8.83. The topological polar surface area (TPSA) is 32.8 Å². The average molecular weight is 302 g/mol. The van der Waals surface area contributed by atoms with Crippen molar-refractivity contribution in [2.75, 3.05) is 6.61 Å². The second-order valence-electron chi connectivity index (χ2n) is 7.54. The Morgan fingerprint density at radius 2 is 1.82 bits per heavy atom. The predicted molar refractivity (Wildman–Crippen MR) is 92.7 cm³/mol. The first-order valence-corrected chi connectivity index (χ1v) is 8.28. The first-order chi connectivity index (χ1) is 10.3. The molecule has 2 rings (SSSR count). The van der Waals surface area contributed by atoms with E-state index >= 15 is 0 Å². The molecule has 2 nitrogen and oxygen atoms in total. The molecule has 2 aliphatic rings. The van der Waals surface area contributed by atoms with Crippen molar-refractivity contribution in [2.24, 2.45) is 5.41 Å². The number of epoxide rings is 1. The van der Waals surface area contributed by atoms with Crippen LogP contribution in [0.4, 0.5) is 0 Å². The van der Waals surface area contributed by atoms with Crippen LogP contribution >= 0.6 is 0 Å². The van der Waals surface area contributed by atoms with Crippen LogP contribution in [-0.4, -0.2) is 22.9 Å². The van der Waals surface area contributed by atoms with E-state index in [1.807, 2.05) is 19.1 Å². The van der Waals surface area contributed by atoms with Crippen LogP contribution in [0.5, 0.6) is 0 Å². The normalized spacial score (nSPS) is 35.2. The highest BCUT2D eigenvalue weighted by atomic mass is 16.6. The molecule has 0 unspecified atom stereocenters. The molecule has 2 fully saturated rings. The van der Waals surface area contributed by atoms with Gasteiger partial charge in [0, 0.05) is 5.41 Å². The molecule has 0 bridgehead atoms. The zero-order valence-electron chi connectivity index (χ0n) is 14.6. The van der Waals surface area contributed by atoms with Crippen molar-refractivity contribution < 1.29 is 9.84 Å². The fourth-order valence-electron chi connectivity index (χ4n) is 3.78. The molecule has 1 saturated carbocycles. The first kappa shape index (κ1) is 17.2. The van der Waals surface area contributed by atoms with E-state index in [0.29, 0.717) is 0 Å². The Kier molecular flexibility index (Phi) is 4.84.